The fourth-order valence-electron chi connectivity index (χ4n) is 1.58. The van der Waals surface area contributed by atoms with Gasteiger partial charge in [0.1, 0.15) is 0 Å². The largest absolute Gasteiger partial charge is 0.385 e. The number of halogens is 1. The molecule has 1 unspecified atom stereocenters. The Morgan fingerprint density at radius 3 is 3.00 bits per heavy atom. The summed E-state index contributed by atoms with van der Waals surface area (Å²) in [4.78, 5) is 0. The monoisotopic (exact) mass is 275 g/mol. The highest BCUT2D eigenvalue weighted by atomic mass is 79.9. The van der Waals surface area contributed by atoms with Crippen LogP contribution < -0.4 is 5.73 Å². The Morgan fingerprint density at radius 2 is 2.40 bits per heavy atom. The van der Waals surface area contributed by atoms with Crippen LogP contribution in [0.5, 0.6) is 0 Å². The summed E-state index contributed by atoms with van der Waals surface area (Å²) in [7, 11) is 1.71. The molecule has 0 radical (unpaired) electrons. The quantitative estimate of drug-likeness (QED) is 0.809. The fraction of sp³-hybridized carbons (Fsp3) is 0.700. The van der Waals surface area contributed by atoms with E-state index >= 15 is 0 Å². The summed E-state index contributed by atoms with van der Waals surface area (Å²) in [5.41, 5.74) is 7.19. The minimum Gasteiger partial charge on any atom is -0.385 e. The third-order valence-corrected chi connectivity index (χ3v) is 2.96. The van der Waals surface area contributed by atoms with Crippen LogP contribution in [0.1, 0.15) is 31.5 Å². The molecule has 1 atom stereocenters. The van der Waals surface area contributed by atoms with Crippen LogP contribution in [0.25, 0.3) is 0 Å². The summed E-state index contributed by atoms with van der Waals surface area (Å²) in [6, 6.07) is 0.0250. The Labute approximate surface area is 98.9 Å². The standard InChI is InChI=1S/C10H18BrN3O/c1-3-14-10(8(11)7-13-14)9(12)5-4-6-15-2/h7,9H,3-6,12H2,1-2H3. The second kappa shape index (κ2) is 6.25. The Kier molecular flexibility index (Phi) is 5.28. The van der Waals surface area contributed by atoms with Gasteiger partial charge in [-0.05, 0) is 35.7 Å². The summed E-state index contributed by atoms with van der Waals surface area (Å²) < 4.78 is 7.93. The molecule has 0 aliphatic heterocycles. The Bertz CT molecular complexity index is 301. The average molecular weight is 276 g/mol. The first kappa shape index (κ1) is 12.7. The lowest BCUT2D eigenvalue weighted by molar-refractivity contribution is 0.190. The van der Waals surface area contributed by atoms with Gasteiger partial charge >= 0.3 is 0 Å². The van der Waals surface area contributed by atoms with Gasteiger partial charge in [-0.1, -0.05) is 0 Å². The lowest BCUT2D eigenvalue weighted by Crippen LogP contribution is -2.17. The smallest absolute Gasteiger partial charge is 0.0693 e. The van der Waals surface area contributed by atoms with Crippen molar-refractivity contribution in [1.82, 2.24) is 9.78 Å². The predicted molar refractivity (Wildman–Crippen MR) is 63.6 cm³/mol. The third-order valence-electron chi connectivity index (χ3n) is 2.35. The number of methoxy groups -OCH3 is 1. The molecule has 86 valence electrons. The average Bonchev–Trinajstić information content (AvgIpc) is 2.59. The second-order valence-electron chi connectivity index (χ2n) is 3.44. The molecule has 0 amide bonds. The zero-order valence-corrected chi connectivity index (χ0v) is 10.8. The number of rotatable bonds is 6. The van der Waals surface area contributed by atoms with Gasteiger partial charge in [-0.25, -0.2) is 0 Å². The van der Waals surface area contributed by atoms with Crippen LogP contribution >= 0.6 is 15.9 Å². The number of ether oxygens (including phenoxy) is 1. The summed E-state index contributed by atoms with van der Waals surface area (Å²) in [5.74, 6) is 0. The van der Waals surface area contributed by atoms with E-state index in [1.165, 1.54) is 0 Å². The minimum absolute atomic E-state index is 0.0250. The SMILES string of the molecule is CCn1ncc(Br)c1C(N)CCCOC. The van der Waals surface area contributed by atoms with Crippen molar-refractivity contribution < 1.29 is 4.74 Å². The molecule has 0 aliphatic rings. The molecule has 0 saturated heterocycles. The van der Waals surface area contributed by atoms with E-state index in [0.717, 1.165) is 36.2 Å². The van der Waals surface area contributed by atoms with Crippen LogP contribution in [-0.2, 0) is 11.3 Å². The maximum Gasteiger partial charge on any atom is 0.0693 e. The summed E-state index contributed by atoms with van der Waals surface area (Å²) >= 11 is 3.47. The van der Waals surface area contributed by atoms with Gasteiger partial charge < -0.3 is 10.5 Å². The highest BCUT2D eigenvalue weighted by Crippen LogP contribution is 2.24. The molecule has 0 spiro atoms. The van der Waals surface area contributed by atoms with E-state index in [-0.39, 0.29) is 6.04 Å². The number of nitrogens with two attached hydrogens (primary N) is 1. The maximum atomic E-state index is 6.11. The molecule has 2 N–H and O–H groups in total. The molecule has 0 aliphatic carbocycles. The van der Waals surface area contributed by atoms with E-state index in [1.807, 2.05) is 4.68 Å². The molecule has 15 heavy (non-hydrogen) atoms. The first-order valence-corrected chi connectivity index (χ1v) is 5.95. The summed E-state index contributed by atoms with van der Waals surface area (Å²) in [6.45, 7) is 3.66. The van der Waals surface area contributed by atoms with Crippen LogP contribution in [0.3, 0.4) is 0 Å². The topological polar surface area (TPSA) is 53.1 Å². The van der Waals surface area contributed by atoms with Gasteiger partial charge in [-0.15, -0.1) is 0 Å². The van der Waals surface area contributed by atoms with Gasteiger partial charge in [0.05, 0.1) is 16.4 Å². The number of aryl methyl sites for hydroxylation is 1. The molecule has 1 aromatic rings. The van der Waals surface area contributed by atoms with E-state index in [1.54, 1.807) is 13.3 Å². The molecular formula is C10H18BrN3O. The van der Waals surface area contributed by atoms with Crippen molar-refractivity contribution in [1.29, 1.82) is 0 Å². The Hall–Kier alpha value is -0.390. The van der Waals surface area contributed by atoms with Crippen molar-refractivity contribution in [2.75, 3.05) is 13.7 Å². The Morgan fingerprint density at radius 1 is 1.67 bits per heavy atom. The van der Waals surface area contributed by atoms with Gasteiger partial charge in [0.2, 0.25) is 0 Å². The van der Waals surface area contributed by atoms with Gasteiger partial charge in [0.25, 0.3) is 0 Å². The molecule has 4 nitrogen and oxygen atoms in total. The molecule has 0 aromatic carbocycles. The van der Waals surface area contributed by atoms with E-state index in [4.69, 9.17) is 10.5 Å². The zero-order chi connectivity index (χ0) is 11.3. The lowest BCUT2D eigenvalue weighted by Gasteiger charge is -2.13. The fourth-order valence-corrected chi connectivity index (χ4v) is 2.17. The molecule has 0 bridgehead atoms. The van der Waals surface area contributed by atoms with Gasteiger partial charge in [0.15, 0.2) is 0 Å². The summed E-state index contributed by atoms with van der Waals surface area (Å²) in [6.07, 6.45) is 3.69. The Balaban J connectivity index is 2.63. The molecule has 1 aromatic heterocycles. The number of aromatic nitrogens is 2. The molecule has 0 fully saturated rings. The van der Waals surface area contributed by atoms with Crippen LogP contribution in [0.4, 0.5) is 0 Å². The third kappa shape index (κ3) is 3.29. The minimum atomic E-state index is 0.0250. The van der Waals surface area contributed by atoms with E-state index in [9.17, 15) is 0 Å². The predicted octanol–water partition coefficient (Wildman–Crippen LogP) is 2.09. The second-order valence-corrected chi connectivity index (χ2v) is 4.29. The van der Waals surface area contributed by atoms with Crippen molar-refractivity contribution in [2.24, 2.45) is 5.73 Å². The lowest BCUT2D eigenvalue weighted by atomic mass is 10.1. The van der Waals surface area contributed by atoms with Crippen LogP contribution in [-0.4, -0.2) is 23.5 Å². The van der Waals surface area contributed by atoms with Gasteiger partial charge in [0, 0.05) is 26.3 Å². The first-order valence-electron chi connectivity index (χ1n) is 5.16. The van der Waals surface area contributed by atoms with E-state index < -0.39 is 0 Å². The highest BCUT2D eigenvalue weighted by molar-refractivity contribution is 9.10. The van der Waals surface area contributed by atoms with Crippen LogP contribution in [0, 0.1) is 0 Å². The van der Waals surface area contributed by atoms with Crippen molar-refractivity contribution in [3.63, 3.8) is 0 Å². The van der Waals surface area contributed by atoms with E-state index in [0.29, 0.717) is 0 Å². The van der Waals surface area contributed by atoms with E-state index in [2.05, 4.69) is 28.0 Å². The maximum absolute atomic E-state index is 6.11. The van der Waals surface area contributed by atoms with Gasteiger partial charge in [-0.2, -0.15) is 5.10 Å². The first-order chi connectivity index (χ1) is 7.20. The highest BCUT2D eigenvalue weighted by Gasteiger charge is 2.15. The molecule has 0 saturated carbocycles. The zero-order valence-electron chi connectivity index (χ0n) is 9.24. The normalized spacial score (nSPS) is 13.1. The van der Waals surface area contributed by atoms with Crippen molar-refractivity contribution in [3.05, 3.63) is 16.4 Å². The molecule has 1 rings (SSSR count). The summed E-state index contributed by atoms with van der Waals surface area (Å²) in [5, 5.41) is 4.24. The number of hydrogen-bond acceptors (Lipinski definition) is 3. The van der Waals surface area contributed by atoms with Crippen LogP contribution in [0.2, 0.25) is 0 Å². The molecule has 1 heterocycles. The van der Waals surface area contributed by atoms with Crippen molar-refractivity contribution in [3.8, 4) is 0 Å². The van der Waals surface area contributed by atoms with Crippen molar-refractivity contribution >= 4 is 15.9 Å². The van der Waals surface area contributed by atoms with Crippen LogP contribution in [0.15, 0.2) is 10.7 Å². The number of hydrogen-bond donors (Lipinski definition) is 1. The molecular weight excluding hydrogens is 258 g/mol. The van der Waals surface area contributed by atoms with Gasteiger partial charge in [-0.3, -0.25) is 4.68 Å². The number of nitrogens with zero attached hydrogens (tertiary/aromatic N) is 2. The van der Waals surface area contributed by atoms with Crippen molar-refractivity contribution in [2.45, 2.75) is 32.4 Å². The molecule has 5 heteroatoms.